The van der Waals surface area contributed by atoms with Gasteiger partial charge >= 0.3 is 6.18 Å². The highest BCUT2D eigenvalue weighted by Crippen LogP contribution is 2.37. The lowest BCUT2D eigenvalue weighted by Crippen LogP contribution is -2.29. The number of sulfonamides is 1. The van der Waals surface area contributed by atoms with E-state index in [2.05, 4.69) is 4.98 Å². The average Bonchev–Trinajstić information content (AvgIpc) is 2.86. The van der Waals surface area contributed by atoms with E-state index in [0.717, 1.165) is 29.4 Å². The number of hydrogen-bond donors (Lipinski definition) is 1. The summed E-state index contributed by atoms with van der Waals surface area (Å²) in [6.45, 7) is -0.584. The Morgan fingerprint density at radius 2 is 1.74 bits per heavy atom. The Bertz CT molecular complexity index is 1610. The maximum Gasteiger partial charge on any atom is 0.416 e. The van der Waals surface area contributed by atoms with Crippen LogP contribution in [0, 0.1) is 5.82 Å². The molecule has 0 bridgehead atoms. The molecule has 1 N–H and O–H groups in total. The van der Waals surface area contributed by atoms with Crippen LogP contribution in [0.1, 0.15) is 15.9 Å². The molecule has 0 radical (unpaired) electrons. The van der Waals surface area contributed by atoms with Gasteiger partial charge in [-0.15, -0.1) is 0 Å². The Hall–Kier alpha value is -3.56. The lowest BCUT2D eigenvalue weighted by Gasteiger charge is -2.22. The van der Waals surface area contributed by atoms with Crippen molar-refractivity contribution >= 4 is 31.5 Å². The highest BCUT2D eigenvalue weighted by molar-refractivity contribution is 7.91. The average molecular weight is 590 g/mol. The molecule has 0 saturated carbocycles. The molecule has 0 fully saturated rings. The van der Waals surface area contributed by atoms with Gasteiger partial charge in [0, 0.05) is 42.5 Å². The summed E-state index contributed by atoms with van der Waals surface area (Å²) in [5, 5.41) is 0. The van der Waals surface area contributed by atoms with Gasteiger partial charge in [-0.3, -0.25) is 9.78 Å². The molecule has 9 nitrogen and oxygen atoms in total. The van der Waals surface area contributed by atoms with E-state index in [0.29, 0.717) is 23.3 Å². The maximum absolute atomic E-state index is 13.7. The second-order valence-electron chi connectivity index (χ2n) is 8.33. The molecule has 0 spiro atoms. The number of nitrogens with one attached hydrogen (secondary N) is 1. The van der Waals surface area contributed by atoms with Crippen LogP contribution in [0.25, 0.3) is 11.1 Å². The van der Waals surface area contributed by atoms with E-state index in [-0.39, 0.29) is 11.4 Å². The van der Waals surface area contributed by atoms with Gasteiger partial charge in [-0.2, -0.15) is 13.2 Å². The predicted octanol–water partition coefficient (Wildman–Crippen LogP) is 3.51. The molecule has 210 valence electrons. The van der Waals surface area contributed by atoms with Gasteiger partial charge in [0.05, 0.1) is 41.5 Å². The first kappa shape index (κ1) is 30.0. The zero-order chi connectivity index (χ0) is 29.2. The van der Waals surface area contributed by atoms with Crippen LogP contribution in [0.5, 0.6) is 5.75 Å². The van der Waals surface area contributed by atoms with Crippen molar-refractivity contribution in [3.05, 3.63) is 71.8 Å². The summed E-state index contributed by atoms with van der Waals surface area (Å²) in [7, 11) is -5.62. The number of aromatic nitrogens is 1. The SMILES string of the molecule is COc1cc(F)ccc1-c1ccncc1N(C)C(=O)c1cc(C(F)(F)F)cc(S(=O)(=O)CCNS(C)(=O)=O)c1. The number of halogens is 4. The van der Waals surface area contributed by atoms with Crippen LogP contribution in [0.2, 0.25) is 0 Å². The van der Waals surface area contributed by atoms with E-state index in [1.807, 2.05) is 4.72 Å². The summed E-state index contributed by atoms with van der Waals surface area (Å²) >= 11 is 0. The third-order valence-electron chi connectivity index (χ3n) is 5.49. The lowest BCUT2D eigenvalue weighted by molar-refractivity contribution is -0.137. The minimum Gasteiger partial charge on any atom is -0.496 e. The number of methoxy groups -OCH3 is 1. The van der Waals surface area contributed by atoms with Crippen molar-refractivity contribution in [2.75, 3.05) is 37.6 Å². The van der Waals surface area contributed by atoms with Gasteiger partial charge in [0.1, 0.15) is 11.6 Å². The van der Waals surface area contributed by atoms with E-state index in [1.165, 1.54) is 38.7 Å². The third kappa shape index (κ3) is 7.30. The first-order valence-electron chi connectivity index (χ1n) is 11.0. The molecule has 15 heteroatoms. The summed E-state index contributed by atoms with van der Waals surface area (Å²) in [5.41, 5.74) is -1.16. The second kappa shape index (κ2) is 11.3. The van der Waals surface area contributed by atoms with Crippen molar-refractivity contribution in [2.24, 2.45) is 0 Å². The third-order valence-corrected chi connectivity index (χ3v) is 7.92. The van der Waals surface area contributed by atoms with Gasteiger partial charge < -0.3 is 9.64 Å². The van der Waals surface area contributed by atoms with Crippen molar-refractivity contribution in [3.63, 3.8) is 0 Å². The fraction of sp³-hybridized carbons (Fsp3) is 0.250. The first-order valence-corrected chi connectivity index (χ1v) is 14.5. The summed E-state index contributed by atoms with van der Waals surface area (Å²) < 4.78 is 110. The Balaban J connectivity index is 2.08. The number of rotatable bonds is 9. The molecule has 3 aromatic rings. The molecule has 39 heavy (non-hydrogen) atoms. The topological polar surface area (TPSA) is 123 Å². The Kier molecular flexibility index (Phi) is 8.67. The highest BCUT2D eigenvalue weighted by Gasteiger charge is 2.34. The summed E-state index contributed by atoms with van der Waals surface area (Å²) in [6, 6.07) is 6.85. The highest BCUT2D eigenvalue weighted by atomic mass is 32.2. The lowest BCUT2D eigenvalue weighted by atomic mass is 10.0. The summed E-state index contributed by atoms with van der Waals surface area (Å²) in [4.78, 5) is 17.5. The largest absolute Gasteiger partial charge is 0.496 e. The van der Waals surface area contributed by atoms with E-state index >= 15 is 0 Å². The standard InChI is InChI=1S/C24H23F4N3O6S2/c1-31(21-14-29-7-6-19(21)20-5-4-17(25)13-22(20)37-2)23(32)15-10-16(24(26,27)28)12-18(11-15)39(35,36)9-8-30-38(3,33)34/h4-7,10-14,30H,8-9H2,1-3H3. The van der Waals surface area contributed by atoms with Crippen molar-refractivity contribution < 1.29 is 43.9 Å². The zero-order valence-corrected chi connectivity index (χ0v) is 22.4. The number of carbonyl (C=O) groups is 1. The molecule has 0 atom stereocenters. The minimum absolute atomic E-state index is 0.117. The molecule has 1 amide bonds. The molecule has 1 heterocycles. The van der Waals surface area contributed by atoms with Gasteiger partial charge in [-0.1, -0.05) is 0 Å². The zero-order valence-electron chi connectivity index (χ0n) is 20.8. The van der Waals surface area contributed by atoms with Crippen LogP contribution < -0.4 is 14.4 Å². The number of hydrogen-bond acceptors (Lipinski definition) is 7. The van der Waals surface area contributed by atoms with Gasteiger partial charge in [0.25, 0.3) is 5.91 Å². The van der Waals surface area contributed by atoms with Gasteiger partial charge in [-0.05, 0) is 36.4 Å². The minimum atomic E-state index is -4.99. The van der Waals surface area contributed by atoms with Crippen LogP contribution in [0.3, 0.4) is 0 Å². The van der Waals surface area contributed by atoms with E-state index in [9.17, 15) is 39.2 Å². The number of nitrogens with zero attached hydrogens (tertiary/aromatic N) is 2. The fourth-order valence-electron chi connectivity index (χ4n) is 3.62. The van der Waals surface area contributed by atoms with E-state index in [1.54, 1.807) is 0 Å². The molecular weight excluding hydrogens is 566 g/mol. The Morgan fingerprint density at radius 1 is 1.05 bits per heavy atom. The summed E-state index contributed by atoms with van der Waals surface area (Å²) in [6.07, 6.45) is -1.55. The molecular formula is C24H23F4N3O6S2. The number of carbonyl (C=O) groups excluding carboxylic acids is 1. The Labute approximate surface area is 222 Å². The summed E-state index contributed by atoms with van der Waals surface area (Å²) in [5.74, 6) is -2.30. The smallest absolute Gasteiger partial charge is 0.416 e. The van der Waals surface area contributed by atoms with Crippen LogP contribution in [-0.2, 0) is 26.0 Å². The van der Waals surface area contributed by atoms with Crippen LogP contribution in [0.15, 0.2) is 59.8 Å². The maximum atomic E-state index is 13.7. The molecule has 2 aromatic carbocycles. The van der Waals surface area contributed by atoms with Crippen LogP contribution >= 0.6 is 0 Å². The fourth-order valence-corrected chi connectivity index (χ4v) is 5.44. The number of ether oxygens (including phenoxy) is 1. The van der Waals surface area contributed by atoms with Gasteiger partial charge in [-0.25, -0.2) is 25.9 Å². The number of pyridine rings is 1. The van der Waals surface area contributed by atoms with E-state index in [4.69, 9.17) is 4.74 Å². The molecule has 1 aromatic heterocycles. The molecule has 0 aliphatic heterocycles. The second-order valence-corrected chi connectivity index (χ2v) is 12.3. The normalized spacial score (nSPS) is 12.3. The molecule has 0 aliphatic rings. The van der Waals surface area contributed by atoms with E-state index < -0.39 is 66.1 Å². The number of amides is 1. The van der Waals surface area contributed by atoms with Crippen molar-refractivity contribution in [3.8, 4) is 16.9 Å². The molecule has 0 saturated heterocycles. The quantitative estimate of drug-likeness (QED) is 0.379. The van der Waals surface area contributed by atoms with Crippen LogP contribution in [-0.4, -0.2) is 60.4 Å². The first-order chi connectivity index (χ1) is 18.0. The number of alkyl halides is 3. The number of anilines is 1. The van der Waals surface area contributed by atoms with Crippen molar-refractivity contribution in [2.45, 2.75) is 11.1 Å². The number of sulfone groups is 1. The molecule has 0 unspecified atom stereocenters. The number of benzene rings is 2. The van der Waals surface area contributed by atoms with Gasteiger partial charge in [0.15, 0.2) is 9.84 Å². The predicted molar refractivity (Wildman–Crippen MR) is 135 cm³/mol. The Morgan fingerprint density at radius 3 is 2.36 bits per heavy atom. The molecule has 3 rings (SSSR count). The molecule has 0 aliphatic carbocycles. The van der Waals surface area contributed by atoms with Crippen molar-refractivity contribution in [1.82, 2.24) is 9.71 Å². The van der Waals surface area contributed by atoms with Crippen molar-refractivity contribution in [1.29, 1.82) is 0 Å². The monoisotopic (exact) mass is 589 g/mol. The van der Waals surface area contributed by atoms with Gasteiger partial charge in [0.2, 0.25) is 10.0 Å². The van der Waals surface area contributed by atoms with Crippen LogP contribution in [0.4, 0.5) is 23.2 Å².